The van der Waals surface area contributed by atoms with Crippen molar-refractivity contribution in [3.63, 3.8) is 0 Å². The van der Waals surface area contributed by atoms with Gasteiger partial charge in [-0.3, -0.25) is 0 Å². The molecule has 16 heavy (non-hydrogen) atoms. The first-order valence-corrected chi connectivity index (χ1v) is 6.32. The molecule has 6 heteroatoms. The smallest absolute Gasteiger partial charge is 0.400 e. The highest BCUT2D eigenvalue weighted by Gasteiger charge is 2.09. The highest BCUT2D eigenvalue weighted by atomic mass is 32.2. The van der Waals surface area contributed by atoms with Crippen LogP contribution in [0.15, 0.2) is 24.7 Å². The van der Waals surface area contributed by atoms with Gasteiger partial charge in [0.2, 0.25) is 4.38 Å². The number of nitrogens with one attached hydrogen (secondary N) is 1. The van der Waals surface area contributed by atoms with Gasteiger partial charge in [0.15, 0.2) is 0 Å². The maximum atomic E-state index is 5.20. The minimum atomic E-state index is 0.583. The van der Waals surface area contributed by atoms with E-state index in [1.807, 2.05) is 29.8 Å². The number of H-pyrrole nitrogens is 1. The van der Waals surface area contributed by atoms with E-state index in [0.29, 0.717) is 11.0 Å². The summed E-state index contributed by atoms with van der Waals surface area (Å²) in [4.78, 5) is 7.41. The predicted molar refractivity (Wildman–Crippen MR) is 67.3 cm³/mol. The molecule has 0 unspecified atom stereocenters. The largest absolute Gasteiger partial charge is 0.479 e. The van der Waals surface area contributed by atoms with E-state index in [1.165, 1.54) is 11.8 Å². The number of aromatic amines is 1. The summed E-state index contributed by atoms with van der Waals surface area (Å²) in [6.45, 7) is 2.55. The number of fused-ring (bicyclic) bond motifs is 1. The summed E-state index contributed by atoms with van der Waals surface area (Å²) >= 11 is 6.54. The molecule has 0 fully saturated rings. The highest BCUT2D eigenvalue weighted by molar-refractivity contribution is 8.22. The fourth-order valence-corrected chi connectivity index (χ4v) is 2.21. The second kappa shape index (κ2) is 5.27. The van der Waals surface area contributed by atoms with E-state index >= 15 is 0 Å². The molecule has 2 aromatic rings. The SMILES string of the molecule is CCOC(=S)SCc1c[n+]2cccnc2[nH]1. The van der Waals surface area contributed by atoms with E-state index in [4.69, 9.17) is 17.0 Å². The van der Waals surface area contributed by atoms with Gasteiger partial charge >= 0.3 is 5.78 Å². The first-order valence-electron chi connectivity index (χ1n) is 4.93. The minimum absolute atomic E-state index is 0.583. The lowest BCUT2D eigenvalue weighted by Crippen LogP contribution is -2.17. The van der Waals surface area contributed by atoms with Crippen LogP contribution in [0, 0.1) is 0 Å². The van der Waals surface area contributed by atoms with Gasteiger partial charge in [0, 0.05) is 6.07 Å². The van der Waals surface area contributed by atoms with Crippen molar-refractivity contribution in [3.05, 3.63) is 30.4 Å². The average molecular weight is 254 g/mol. The van der Waals surface area contributed by atoms with E-state index < -0.39 is 0 Å². The third-order valence-corrected chi connectivity index (χ3v) is 3.23. The lowest BCUT2D eigenvalue weighted by Gasteiger charge is -2.00. The minimum Gasteiger partial charge on any atom is -0.479 e. The van der Waals surface area contributed by atoms with Gasteiger partial charge in [0.25, 0.3) is 0 Å². The van der Waals surface area contributed by atoms with Crippen LogP contribution in [0.3, 0.4) is 0 Å². The number of hydrogen-bond acceptors (Lipinski definition) is 4. The van der Waals surface area contributed by atoms with E-state index in [2.05, 4.69) is 9.97 Å². The van der Waals surface area contributed by atoms with Crippen LogP contribution in [0.2, 0.25) is 0 Å². The average Bonchev–Trinajstić information content (AvgIpc) is 2.69. The van der Waals surface area contributed by atoms with E-state index in [9.17, 15) is 0 Å². The third kappa shape index (κ3) is 2.70. The molecule has 0 aromatic carbocycles. The second-order valence-corrected chi connectivity index (χ2v) is 4.68. The second-order valence-electron chi connectivity index (χ2n) is 3.10. The molecule has 0 spiro atoms. The van der Waals surface area contributed by atoms with Crippen LogP contribution < -0.4 is 4.40 Å². The number of imidazole rings is 1. The Balaban J connectivity index is 2.02. The Morgan fingerprint density at radius 1 is 1.69 bits per heavy atom. The molecular formula is C10H12N3OS2+. The van der Waals surface area contributed by atoms with Crippen LogP contribution in [-0.4, -0.2) is 21.0 Å². The van der Waals surface area contributed by atoms with Crippen LogP contribution in [0.25, 0.3) is 5.78 Å². The summed E-state index contributed by atoms with van der Waals surface area (Å²) in [7, 11) is 0. The maximum absolute atomic E-state index is 5.20. The normalized spacial score (nSPS) is 10.6. The summed E-state index contributed by atoms with van der Waals surface area (Å²) in [5, 5.41) is 0. The van der Waals surface area contributed by atoms with Crippen LogP contribution in [0.1, 0.15) is 12.6 Å². The molecule has 2 rings (SSSR count). The molecule has 4 nitrogen and oxygen atoms in total. The number of thiocarbonyl (C=S) groups is 1. The van der Waals surface area contributed by atoms with Gasteiger partial charge in [0.05, 0.1) is 18.6 Å². The number of hydrogen-bond donors (Lipinski definition) is 1. The van der Waals surface area contributed by atoms with Crippen molar-refractivity contribution < 1.29 is 9.14 Å². The predicted octanol–water partition coefficient (Wildman–Crippen LogP) is 1.70. The van der Waals surface area contributed by atoms with Gasteiger partial charge in [-0.25, -0.2) is 9.38 Å². The van der Waals surface area contributed by atoms with Crippen molar-refractivity contribution >= 4 is 34.1 Å². The fraction of sp³-hybridized carbons (Fsp3) is 0.300. The van der Waals surface area contributed by atoms with Crippen molar-refractivity contribution in [2.24, 2.45) is 0 Å². The Morgan fingerprint density at radius 2 is 2.56 bits per heavy atom. The topological polar surface area (TPSA) is 42.0 Å². The van der Waals surface area contributed by atoms with Crippen LogP contribution in [0.5, 0.6) is 0 Å². The Morgan fingerprint density at radius 3 is 3.31 bits per heavy atom. The first kappa shape index (κ1) is 11.3. The van der Waals surface area contributed by atoms with Crippen LogP contribution >= 0.6 is 24.0 Å². The van der Waals surface area contributed by atoms with Gasteiger partial charge < -0.3 is 4.74 Å². The molecule has 0 radical (unpaired) electrons. The Bertz CT molecular complexity index is 465. The summed E-state index contributed by atoms with van der Waals surface area (Å²) in [6, 6.07) is 1.89. The molecular weight excluding hydrogens is 242 g/mol. The van der Waals surface area contributed by atoms with Crippen molar-refractivity contribution in [2.75, 3.05) is 6.61 Å². The molecule has 0 bridgehead atoms. The molecule has 0 amide bonds. The summed E-state index contributed by atoms with van der Waals surface area (Å²) in [6.07, 6.45) is 5.71. The zero-order valence-corrected chi connectivity index (χ0v) is 10.5. The molecule has 0 saturated carbocycles. The van der Waals surface area contributed by atoms with Crippen molar-refractivity contribution in [3.8, 4) is 0 Å². The van der Waals surface area contributed by atoms with Gasteiger partial charge in [-0.1, -0.05) is 16.7 Å². The molecule has 2 heterocycles. The van der Waals surface area contributed by atoms with Crippen molar-refractivity contribution in [1.82, 2.24) is 9.97 Å². The van der Waals surface area contributed by atoms with Gasteiger partial charge in [-0.15, -0.1) is 0 Å². The first-order chi connectivity index (χ1) is 7.79. The zero-order valence-electron chi connectivity index (χ0n) is 8.84. The number of ether oxygens (including phenoxy) is 1. The van der Waals surface area contributed by atoms with Crippen LogP contribution in [0.4, 0.5) is 0 Å². The lowest BCUT2D eigenvalue weighted by molar-refractivity contribution is -0.512. The summed E-state index contributed by atoms with van der Waals surface area (Å²) in [5.41, 5.74) is 1.07. The maximum Gasteiger partial charge on any atom is 0.400 e. The molecule has 1 N–H and O–H groups in total. The zero-order chi connectivity index (χ0) is 11.4. The molecule has 84 valence electrons. The molecule has 0 atom stereocenters. The lowest BCUT2D eigenvalue weighted by atomic mass is 10.6. The Hall–Kier alpha value is -1.14. The highest BCUT2D eigenvalue weighted by Crippen LogP contribution is 2.12. The van der Waals surface area contributed by atoms with E-state index in [1.54, 1.807) is 6.20 Å². The fourth-order valence-electron chi connectivity index (χ4n) is 1.30. The van der Waals surface area contributed by atoms with Crippen molar-refractivity contribution in [1.29, 1.82) is 0 Å². The summed E-state index contributed by atoms with van der Waals surface area (Å²) < 4.78 is 7.72. The van der Waals surface area contributed by atoms with Crippen LogP contribution in [-0.2, 0) is 10.5 Å². The monoisotopic (exact) mass is 254 g/mol. The molecule has 0 aliphatic carbocycles. The molecule has 0 aliphatic rings. The van der Waals surface area contributed by atoms with Gasteiger partial charge in [-0.05, 0) is 19.1 Å². The number of nitrogens with zero attached hydrogens (tertiary/aromatic N) is 2. The van der Waals surface area contributed by atoms with Gasteiger partial charge in [0.1, 0.15) is 18.1 Å². The Labute approximate surface area is 103 Å². The van der Waals surface area contributed by atoms with E-state index in [-0.39, 0.29) is 0 Å². The summed E-state index contributed by atoms with van der Waals surface area (Å²) in [5.74, 6) is 1.60. The van der Waals surface area contributed by atoms with Crippen molar-refractivity contribution in [2.45, 2.75) is 12.7 Å². The number of aromatic nitrogens is 3. The number of thioether (sulfide) groups is 1. The Kier molecular flexibility index (Phi) is 3.74. The molecule has 2 aromatic heterocycles. The third-order valence-electron chi connectivity index (χ3n) is 1.95. The molecule has 0 aliphatic heterocycles. The standard InChI is InChI=1S/C10H11N3OS2/c1-2-14-10(15)16-7-8-6-13-5-3-4-11-9(13)12-8/h3-6H,2,7H2,1H3/p+1. The molecule has 0 saturated heterocycles. The quantitative estimate of drug-likeness (QED) is 0.669. The van der Waals surface area contributed by atoms with E-state index in [0.717, 1.165) is 17.2 Å². The van der Waals surface area contributed by atoms with Gasteiger partial charge in [-0.2, -0.15) is 0 Å². The number of rotatable bonds is 3.